The second-order valence-electron chi connectivity index (χ2n) is 5.99. The third kappa shape index (κ3) is 4.62. The number of esters is 1. The molecule has 0 aliphatic rings. The molecule has 1 amide bonds. The summed E-state index contributed by atoms with van der Waals surface area (Å²) in [5, 5.41) is 6.65. The lowest BCUT2D eigenvalue weighted by Crippen LogP contribution is -2.15. The Hall–Kier alpha value is -3.33. The van der Waals surface area contributed by atoms with E-state index < -0.39 is 23.6 Å². The number of anilines is 1. The molecule has 1 heterocycles. The second kappa shape index (κ2) is 8.58. The van der Waals surface area contributed by atoms with Crippen molar-refractivity contribution in [3.05, 3.63) is 70.2 Å². The minimum Gasteiger partial charge on any atom is -0.462 e. The number of hydrogen-bond acceptors (Lipinski definition) is 5. The molecule has 6 nitrogen and oxygen atoms in total. The van der Waals surface area contributed by atoms with Gasteiger partial charge in [-0.2, -0.15) is 13.2 Å². The van der Waals surface area contributed by atoms with E-state index in [0.29, 0.717) is 10.6 Å². The molecule has 0 saturated heterocycles. The maximum Gasteiger partial charge on any atom is 0.416 e. The number of aromatic nitrogens is 1. The van der Waals surface area contributed by atoms with Crippen LogP contribution in [0.3, 0.4) is 0 Å². The summed E-state index contributed by atoms with van der Waals surface area (Å²) in [4.78, 5) is 24.9. The van der Waals surface area contributed by atoms with Gasteiger partial charge < -0.3 is 9.26 Å². The van der Waals surface area contributed by atoms with Crippen LogP contribution >= 0.6 is 11.6 Å². The molecule has 156 valence electrons. The smallest absolute Gasteiger partial charge is 0.416 e. The van der Waals surface area contributed by atoms with Gasteiger partial charge in [0.2, 0.25) is 5.88 Å². The third-order valence-electron chi connectivity index (χ3n) is 3.99. The Labute approximate surface area is 173 Å². The molecular weight excluding hydrogens is 425 g/mol. The first-order chi connectivity index (χ1) is 14.2. The van der Waals surface area contributed by atoms with Gasteiger partial charge >= 0.3 is 12.1 Å². The first-order valence-electron chi connectivity index (χ1n) is 8.62. The molecule has 0 atom stereocenters. The molecule has 1 N–H and O–H groups in total. The molecule has 0 radical (unpaired) electrons. The molecule has 0 bridgehead atoms. The van der Waals surface area contributed by atoms with E-state index in [-0.39, 0.29) is 29.3 Å². The Balaban J connectivity index is 1.92. The molecule has 0 spiro atoms. The molecule has 0 fully saturated rings. The SMILES string of the molecule is CCOC(=O)c1c(-c2ccc(Cl)cc2)noc1NC(=O)c1ccc(C(F)(F)F)cc1. The van der Waals surface area contributed by atoms with Crippen molar-refractivity contribution in [2.45, 2.75) is 13.1 Å². The van der Waals surface area contributed by atoms with E-state index in [2.05, 4.69) is 10.5 Å². The number of hydrogen-bond donors (Lipinski definition) is 1. The number of alkyl halides is 3. The van der Waals surface area contributed by atoms with Gasteiger partial charge in [0.25, 0.3) is 5.91 Å². The van der Waals surface area contributed by atoms with Crippen molar-refractivity contribution >= 4 is 29.4 Å². The van der Waals surface area contributed by atoms with Crippen LogP contribution in [0.25, 0.3) is 11.3 Å². The highest BCUT2D eigenvalue weighted by Crippen LogP contribution is 2.32. The first-order valence-corrected chi connectivity index (χ1v) is 9.00. The van der Waals surface area contributed by atoms with Crippen molar-refractivity contribution in [2.75, 3.05) is 11.9 Å². The molecule has 1 aromatic heterocycles. The van der Waals surface area contributed by atoms with Crippen molar-refractivity contribution in [1.82, 2.24) is 5.16 Å². The fourth-order valence-corrected chi connectivity index (χ4v) is 2.68. The maximum absolute atomic E-state index is 12.7. The van der Waals surface area contributed by atoms with E-state index in [1.54, 1.807) is 31.2 Å². The predicted molar refractivity (Wildman–Crippen MR) is 102 cm³/mol. The van der Waals surface area contributed by atoms with Crippen LogP contribution in [0.5, 0.6) is 0 Å². The van der Waals surface area contributed by atoms with Gasteiger partial charge in [-0.25, -0.2) is 4.79 Å². The van der Waals surface area contributed by atoms with Gasteiger partial charge in [-0.3, -0.25) is 10.1 Å². The van der Waals surface area contributed by atoms with Gasteiger partial charge in [0.15, 0.2) is 5.56 Å². The summed E-state index contributed by atoms with van der Waals surface area (Å²) < 4.78 is 48.2. The fraction of sp³-hybridized carbons (Fsp3) is 0.150. The van der Waals surface area contributed by atoms with Crippen molar-refractivity contribution in [3.8, 4) is 11.3 Å². The van der Waals surface area contributed by atoms with Gasteiger partial charge in [0, 0.05) is 16.1 Å². The zero-order chi connectivity index (χ0) is 21.9. The van der Waals surface area contributed by atoms with Gasteiger partial charge in [0.05, 0.1) is 12.2 Å². The third-order valence-corrected chi connectivity index (χ3v) is 4.24. The maximum atomic E-state index is 12.7. The molecule has 0 aliphatic heterocycles. The average Bonchev–Trinajstić information content (AvgIpc) is 3.11. The van der Waals surface area contributed by atoms with Crippen LogP contribution in [-0.2, 0) is 10.9 Å². The van der Waals surface area contributed by atoms with Gasteiger partial charge in [-0.15, -0.1) is 0 Å². The summed E-state index contributed by atoms with van der Waals surface area (Å²) in [6.07, 6.45) is -4.52. The minimum atomic E-state index is -4.52. The molecule has 0 saturated carbocycles. The minimum absolute atomic E-state index is 0.0658. The summed E-state index contributed by atoms with van der Waals surface area (Å²) in [5.74, 6) is -1.86. The number of nitrogens with zero attached hydrogens (tertiary/aromatic N) is 1. The highest BCUT2D eigenvalue weighted by Gasteiger charge is 2.31. The molecule has 30 heavy (non-hydrogen) atoms. The van der Waals surface area contributed by atoms with Crippen LogP contribution < -0.4 is 5.32 Å². The van der Waals surface area contributed by atoms with Gasteiger partial charge in [-0.1, -0.05) is 28.9 Å². The largest absolute Gasteiger partial charge is 0.462 e. The van der Waals surface area contributed by atoms with E-state index >= 15 is 0 Å². The summed E-state index contributed by atoms with van der Waals surface area (Å²) in [6, 6.07) is 9.95. The topological polar surface area (TPSA) is 81.4 Å². The number of carbonyl (C=O) groups excluding carboxylic acids is 2. The standard InChI is InChI=1S/C20H14ClF3N2O4/c1-2-29-19(28)15-16(11-5-9-14(21)10-6-11)26-30-18(15)25-17(27)12-3-7-13(8-4-12)20(22,23)24/h3-10H,2H2,1H3,(H,25,27). The average molecular weight is 439 g/mol. The van der Waals surface area contributed by atoms with Crippen LogP contribution in [0.1, 0.15) is 33.2 Å². The van der Waals surface area contributed by atoms with Gasteiger partial charge in [-0.05, 0) is 43.3 Å². The van der Waals surface area contributed by atoms with E-state index in [1.807, 2.05) is 0 Å². The molecule has 0 aliphatic carbocycles. The molecule has 3 rings (SSSR count). The van der Waals surface area contributed by atoms with E-state index in [1.165, 1.54) is 0 Å². The zero-order valence-corrected chi connectivity index (χ0v) is 16.2. The molecule has 10 heteroatoms. The Kier molecular flexibility index (Phi) is 6.12. The predicted octanol–water partition coefficient (Wildman–Crippen LogP) is 5.44. The van der Waals surface area contributed by atoms with Crippen LogP contribution in [0, 0.1) is 0 Å². The van der Waals surface area contributed by atoms with E-state index in [4.69, 9.17) is 20.9 Å². The van der Waals surface area contributed by atoms with Crippen molar-refractivity contribution in [1.29, 1.82) is 0 Å². The molecular formula is C20H14ClF3N2O4. The quantitative estimate of drug-likeness (QED) is 0.536. The summed E-state index contributed by atoms with van der Waals surface area (Å²) in [6.45, 7) is 1.67. The zero-order valence-electron chi connectivity index (χ0n) is 15.4. The Bertz CT molecular complexity index is 1060. The van der Waals surface area contributed by atoms with Crippen molar-refractivity contribution < 1.29 is 32.0 Å². The lowest BCUT2D eigenvalue weighted by Gasteiger charge is -2.08. The molecule has 2 aromatic carbocycles. The van der Waals surface area contributed by atoms with Crippen molar-refractivity contribution in [2.24, 2.45) is 0 Å². The van der Waals surface area contributed by atoms with Crippen LogP contribution in [-0.4, -0.2) is 23.6 Å². The highest BCUT2D eigenvalue weighted by molar-refractivity contribution is 6.30. The molecule has 3 aromatic rings. The molecule has 0 unspecified atom stereocenters. The highest BCUT2D eigenvalue weighted by atomic mass is 35.5. The Morgan fingerprint density at radius 3 is 2.30 bits per heavy atom. The van der Waals surface area contributed by atoms with Gasteiger partial charge in [0.1, 0.15) is 5.69 Å². The summed E-state index contributed by atoms with van der Waals surface area (Å²) >= 11 is 5.87. The van der Waals surface area contributed by atoms with Crippen LogP contribution in [0.15, 0.2) is 53.1 Å². The second-order valence-corrected chi connectivity index (χ2v) is 6.43. The Morgan fingerprint density at radius 2 is 1.73 bits per heavy atom. The van der Waals surface area contributed by atoms with E-state index in [9.17, 15) is 22.8 Å². The summed E-state index contributed by atoms with van der Waals surface area (Å²) in [7, 11) is 0. The number of nitrogens with one attached hydrogen (secondary N) is 1. The number of carbonyl (C=O) groups is 2. The number of halogens is 4. The lowest BCUT2D eigenvalue weighted by atomic mass is 10.1. The normalized spacial score (nSPS) is 11.2. The first kappa shape index (κ1) is 21.4. The number of amides is 1. The van der Waals surface area contributed by atoms with Crippen molar-refractivity contribution in [3.63, 3.8) is 0 Å². The number of benzene rings is 2. The number of rotatable bonds is 5. The lowest BCUT2D eigenvalue weighted by molar-refractivity contribution is -0.137. The summed E-state index contributed by atoms with van der Waals surface area (Å²) in [5.41, 5.74) is -0.480. The number of ether oxygens (including phenoxy) is 1. The van der Waals surface area contributed by atoms with Crippen LogP contribution in [0.4, 0.5) is 19.1 Å². The Morgan fingerprint density at radius 1 is 1.10 bits per heavy atom. The monoisotopic (exact) mass is 438 g/mol. The van der Waals surface area contributed by atoms with Crippen LogP contribution in [0.2, 0.25) is 5.02 Å². The van der Waals surface area contributed by atoms with E-state index in [0.717, 1.165) is 24.3 Å². The fourth-order valence-electron chi connectivity index (χ4n) is 2.56.